The molecule has 0 rings (SSSR count). The molecule has 0 aliphatic rings. The molecule has 3 N–H and O–H groups in total. The van der Waals surface area contributed by atoms with Gasteiger partial charge in [-0.05, 0) is 12.8 Å². The van der Waals surface area contributed by atoms with E-state index < -0.39 is 12.1 Å². The molecular formula is C23H46O6. The van der Waals surface area contributed by atoms with E-state index in [1.807, 2.05) is 0 Å². The van der Waals surface area contributed by atoms with Crippen LogP contribution in [0.25, 0.3) is 0 Å². The summed E-state index contributed by atoms with van der Waals surface area (Å²) in [7, 11) is 0. The average Bonchev–Trinajstić information content (AvgIpc) is 2.71. The summed E-state index contributed by atoms with van der Waals surface area (Å²) in [5.41, 5.74) is 0. The topological polar surface area (TPSA) is 104 Å². The lowest BCUT2D eigenvalue weighted by Crippen LogP contribution is -2.21. The summed E-state index contributed by atoms with van der Waals surface area (Å²) >= 11 is 0. The number of carbonyl (C=O) groups excluding carboxylic acids is 1. The molecular weight excluding hydrogens is 372 g/mol. The molecule has 6 heteroatoms. The van der Waals surface area contributed by atoms with Gasteiger partial charge in [-0.1, -0.05) is 90.9 Å². The minimum absolute atomic E-state index is 0.105. The molecule has 29 heavy (non-hydrogen) atoms. The Labute approximate surface area is 178 Å². The van der Waals surface area contributed by atoms with E-state index >= 15 is 0 Å². The molecule has 0 amide bonds. The molecule has 0 aromatic carbocycles. The van der Waals surface area contributed by atoms with Crippen LogP contribution in [0.15, 0.2) is 0 Å². The van der Waals surface area contributed by atoms with Crippen LogP contribution in [0.3, 0.4) is 0 Å². The molecule has 6 nitrogen and oxygen atoms in total. The molecule has 0 aromatic heterocycles. The number of aliphatic carboxylic acids is 1. The molecule has 0 saturated heterocycles. The van der Waals surface area contributed by atoms with Crippen molar-refractivity contribution in [2.75, 3.05) is 13.2 Å². The molecule has 0 bridgehead atoms. The van der Waals surface area contributed by atoms with Crippen LogP contribution in [0.4, 0.5) is 0 Å². The molecule has 0 spiro atoms. The van der Waals surface area contributed by atoms with E-state index in [1.165, 1.54) is 64.2 Å². The molecule has 1 atom stereocenters. The maximum absolute atomic E-state index is 11.2. The van der Waals surface area contributed by atoms with Crippen LogP contribution in [0, 0.1) is 0 Å². The van der Waals surface area contributed by atoms with Crippen molar-refractivity contribution in [3.05, 3.63) is 0 Å². The third kappa shape index (κ3) is 29.2. The smallest absolute Gasteiger partial charge is 0.305 e. The van der Waals surface area contributed by atoms with Crippen LogP contribution < -0.4 is 0 Å². The fourth-order valence-electron chi connectivity index (χ4n) is 2.77. The van der Waals surface area contributed by atoms with Crippen molar-refractivity contribution < 1.29 is 29.6 Å². The van der Waals surface area contributed by atoms with Crippen LogP contribution in [-0.4, -0.2) is 46.6 Å². The number of carboxylic acids is 1. The largest absolute Gasteiger partial charge is 0.481 e. The summed E-state index contributed by atoms with van der Waals surface area (Å²) in [4.78, 5) is 21.3. The Hall–Kier alpha value is -1.14. The Balaban J connectivity index is 0. The molecule has 0 radical (unpaired) electrons. The van der Waals surface area contributed by atoms with Gasteiger partial charge in [-0.25, -0.2) is 0 Å². The maximum atomic E-state index is 11.2. The predicted molar refractivity (Wildman–Crippen MR) is 117 cm³/mol. The normalized spacial score (nSPS) is 11.4. The summed E-state index contributed by atoms with van der Waals surface area (Å²) in [6.07, 6.45) is 16.2. The third-order valence-electron chi connectivity index (χ3n) is 4.63. The van der Waals surface area contributed by atoms with Crippen molar-refractivity contribution in [3.8, 4) is 0 Å². The molecule has 0 fully saturated rings. The first-order valence-electron chi connectivity index (χ1n) is 11.6. The first kappa shape index (κ1) is 30.1. The molecule has 0 saturated carbocycles. The fraction of sp³-hybridized carbons (Fsp3) is 0.913. The molecule has 0 aliphatic carbocycles. The minimum Gasteiger partial charge on any atom is -0.481 e. The van der Waals surface area contributed by atoms with E-state index in [2.05, 4.69) is 13.8 Å². The van der Waals surface area contributed by atoms with Gasteiger partial charge in [-0.3, -0.25) is 9.59 Å². The van der Waals surface area contributed by atoms with Crippen LogP contribution in [0.2, 0.25) is 0 Å². The number of esters is 1. The minimum atomic E-state index is -0.951. The van der Waals surface area contributed by atoms with E-state index in [0.29, 0.717) is 12.8 Å². The number of unbranched alkanes of at least 4 members (excludes halogenated alkanes) is 12. The zero-order chi connectivity index (χ0) is 22.2. The quantitative estimate of drug-likeness (QED) is 0.196. The number of hydrogen-bond acceptors (Lipinski definition) is 5. The summed E-state index contributed by atoms with van der Waals surface area (Å²) in [6.45, 7) is 3.91. The van der Waals surface area contributed by atoms with E-state index in [0.717, 1.165) is 25.7 Å². The first-order valence-corrected chi connectivity index (χ1v) is 11.6. The highest BCUT2D eigenvalue weighted by Crippen LogP contribution is 2.09. The van der Waals surface area contributed by atoms with E-state index in [9.17, 15) is 9.59 Å². The monoisotopic (exact) mass is 418 g/mol. The number of rotatable bonds is 19. The van der Waals surface area contributed by atoms with Crippen molar-refractivity contribution in [1.29, 1.82) is 0 Å². The standard InChI is InChI=1S/C13H26O4.C10H20O2/c1-2-3-4-5-6-7-8-9-13(16)17-11-12(15)10-14;1-2-3-4-5-6-7-8-9-10(11)12/h12,14-15H,2-11H2,1H3;2-9H2,1H3,(H,11,12). The third-order valence-corrected chi connectivity index (χ3v) is 4.63. The van der Waals surface area contributed by atoms with E-state index in [-0.39, 0.29) is 19.2 Å². The van der Waals surface area contributed by atoms with Crippen LogP contribution >= 0.6 is 0 Å². The van der Waals surface area contributed by atoms with Crippen molar-refractivity contribution in [1.82, 2.24) is 0 Å². The summed E-state index contributed by atoms with van der Waals surface area (Å²) in [6, 6.07) is 0. The van der Waals surface area contributed by atoms with Gasteiger partial charge in [0.05, 0.1) is 6.61 Å². The molecule has 0 aliphatic heterocycles. The van der Waals surface area contributed by atoms with Crippen molar-refractivity contribution in [2.24, 2.45) is 0 Å². The summed E-state index contributed by atoms with van der Waals surface area (Å²) in [5.74, 6) is -0.949. The van der Waals surface area contributed by atoms with Gasteiger partial charge in [0.2, 0.25) is 0 Å². The zero-order valence-corrected chi connectivity index (χ0v) is 18.9. The second-order valence-corrected chi connectivity index (χ2v) is 7.66. The van der Waals surface area contributed by atoms with Gasteiger partial charge < -0.3 is 20.1 Å². The lowest BCUT2D eigenvalue weighted by atomic mass is 10.1. The van der Waals surface area contributed by atoms with Crippen molar-refractivity contribution in [3.63, 3.8) is 0 Å². The Kier molecular flexibility index (Phi) is 25.8. The predicted octanol–water partition coefficient (Wildman–Crippen LogP) is 5.24. The lowest BCUT2D eigenvalue weighted by Gasteiger charge is -2.08. The highest BCUT2D eigenvalue weighted by molar-refractivity contribution is 5.69. The number of ether oxygens (including phenoxy) is 1. The van der Waals surface area contributed by atoms with E-state index in [1.54, 1.807) is 0 Å². The van der Waals surface area contributed by atoms with Gasteiger partial charge in [0.1, 0.15) is 12.7 Å². The first-order chi connectivity index (χ1) is 14.0. The molecule has 0 heterocycles. The van der Waals surface area contributed by atoms with Gasteiger partial charge in [0.25, 0.3) is 0 Å². The molecule has 174 valence electrons. The van der Waals surface area contributed by atoms with E-state index in [4.69, 9.17) is 20.1 Å². The highest BCUT2D eigenvalue weighted by Gasteiger charge is 2.07. The average molecular weight is 419 g/mol. The number of hydrogen-bond donors (Lipinski definition) is 3. The van der Waals surface area contributed by atoms with Crippen LogP contribution in [0.1, 0.15) is 117 Å². The highest BCUT2D eigenvalue weighted by atomic mass is 16.5. The molecule has 0 aromatic rings. The summed E-state index contributed by atoms with van der Waals surface area (Å²) < 4.78 is 4.79. The SMILES string of the molecule is CCCCCCCCCC(=O)O.CCCCCCCCCC(=O)OCC(O)CO. The van der Waals surface area contributed by atoms with Gasteiger partial charge in [0.15, 0.2) is 0 Å². The Morgan fingerprint density at radius 1 is 0.724 bits per heavy atom. The lowest BCUT2D eigenvalue weighted by molar-refractivity contribution is -0.147. The zero-order valence-electron chi connectivity index (χ0n) is 18.9. The van der Waals surface area contributed by atoms with Gasteiger partial charge in [-0.2, -0.15) is 0 Å². The van der Waals surface area contributed by atoms with Crippen LogP contribution in [0.5, 0.6) is 0 Å². The Morgan fingerprint density at radius 2 is 1.14 bits per heavy atom. The van der Waals surface area contributed by atoms with Crippen molar-refractivity contribution >= 4 is 11.9 Å². The fourth-order valence-corrected chi connectivity index (χ4v) is 2.77. The van der Waals surface area contributed by atoms with Crippen molar-refractivity contribution in [2.45, 2.75) is 123 Å². The Morgan fingerprint density at radius 3 is 1.55 bits per heavy atom. The van der Waals surface area contributed by atoms with Gasteiger partial charge in [0, 0.05) is 12.8 Å². The van der Waals surface area contributed by atoms with Crippen LogP contribution in [-0.2, 0) is 14.3 Å². The van der Waals surface area contributed by atoms with Gasteiger partial charge in [-0.15, -0.1) is 0 Å². The number of carboxylic acid groups (broad SMARTS) is 1. The number of carbonyl (C=O) groups is 2. The second-order valence-electron chi connectivity index (χ2n) is 7.66. The second kappa shape index (κ2) is 24.9. The van der Waals surface area contributed by atoms with Gasteiger partial charge >= 0.3 is 11.9 Å². The number of aliphatic hydroxyl groups excluding tert-OH is 2. The molecule has 1 unspecified atom stereocenters. The summed E-state index contributed by atoms with van der Waals surface area (Å²) in [5, 5.41) is 25.8. The number of aliphatic hydroxyl groups is 2. The maximum Gasteiger partial charge on any atom is 0.305 e. The Bertz CT molecular complexity index is 359.